The second-order valence-electron chi connectivity index (χ2n) is 4.36. The third-order valence-corrected chi connectivity index (χ3v) is 3.06. The molecule has 1 aliphatic rings. The van der Waals surface area contributed by atoms with Crippen LogP contribution in [0.3, 0.4) is 0 Å². The number of carboxylic acid groups (broad SMARTS) is 1. The van der Waals surface area contributed by atoms with E-state index in [1.807, 2.05) is 4.90 Å². The number of piperazine rings is 1. The van der Waals surface area contributed by atoms with Crippen LogP contribution in [0.2, 0.25) is 0 Å². The summed E-state index contributed by atoms with van der Waals surface area (Å²) in [6.45, 7) is 2.43. The summed E-state index contributed by atoms with van der Waals surface area (Å²) in [5.74, 6) is -1.32. The number of anilines is 2. The minimum Gasteiger partial charge on any atom is -0.480 e. The third-order valence-electron chi connectivity index (χ3n) is 3.06. The normalized spacial score (nSPS) is 15.2. The molecule has 2 rings (SSSR count). The number of nitrogens with two attached hydrogens (primary N) is 1. The number of hydrogen-bond acceptors (Lipinski definition) is 7. The molecule has 20 heavy (non-hydrogen) atoms. The first-order valence-corrected chi connectivity index (χ1v) is 6.16. The topological polar surface area (TPSA) is 123 Å². The minimum absolute atomic E-state index is 0.00721. The van der Waals surface area contributed by atoms with E-state index in [0.717, 1.165) is 17.8 Å². The highest BCUT2D eigenvalue weighted by Crippen LogP contribution is 2.26. The van der Waals surface area contributed by atoms with Crippen molar-refractivity contribution < 1.29 is 19.4 Å². The molecule has 0 radical (unpaired) electrons. The molecule has 0 bridgehead atoms. The van der Waals surface area contributed by atoms with E-state index in [1.165, 1.54) is 7.11 Å². The molecule has 1 aliphatic heterocycles. The Labute approximate surface area is 115 Å². The number of nitrogens with one attached hydrogen (secondary N) is 1. The van der Waals surface area contributed by atoms with Gasteiger partial charge in [-0.15, -0.1) is 0 Å². The van der Waals surface area contributed by atoms with Gasteiger partial charge in [-0.25, -0.2) is 9.48 Å². The molecule has 2 heterocycles. The molecule has 4 N–H and O–H groups in total. The second-order valence-corrected chi connectivity index (χ2v) is 4.36. The minimum atomic E-state index is -1.08. The van der Waals surface area contributed by atoms with Gasteiger partial charge in [0.2, 0.25) is 0 Å². The molecular formula is C11H17N5O4. The van der Waals surface area contributed by atoms with Crippen molar-refractivity contribution >= 4 is 23.6 Å². The number of nitrogen functional groups attached to an aromatic ring is 1. The van der Waals surface area contributed by atoms with Crippen molar-refractivity contribution in [1.82, 2.24) is 15.1 Å². The number of carbonyl (C=O) groups is 2. The lowest BCUT2D eigenvalue weighted by Gasteiger charge is -2.27. The smallest absolute Gasteiger partial charge is 0.345 e. The van der Waals surface area contributed by atoms with E-state index in [0.29, 0.717) is 18.9 Å². The SMILES string of the molecule is COC(=O)c1c(N2CCNCC2)nn(CC(=O)O)c1N. The van der Waals surface area contributed by atoms with Gasteiger partial charge < -0.3 is 25.8 Å². The number of aromatic nitrogens is 2. The molecule has 1 fully saturated rings. The molecule has 0 spiro atoms. The molecule has 0 saturated carbocycles. The number of esters is 1. The number of aliphatic carboxylic acids is 1. The van der Waals surface area contributed by atoms with E-state index in [2.05, 4.69) is 10.4 Å². The maximum absolute atomic E-state index is 11.9. The molecule has 1 aromatic heterocycles. The largest absolute Gasteiger partial charge is 0.480 e. The maximum atomic E-state index is 11.9. The van der Waals surface area contributed by atoms with E-state index < -0.39 is 18.5 Å². The number of hydrogen-bond donors (Lipinski definition) is 3. The maximum Gasteiger partial charge on any atom is 0.345 e. The summed E-state index contributed by atoms with van der Waals surface area (Å²) in [5, 5.41) is 16.2. The van der Waals surface area contributed by atoms with Crippen LogP contribution in [-0.4, -0.2) is 60.1 Å². The predicted octanol–water partition coefficient (Wildman–Crippen LogP) is -1.25. The lowest BCUT2D eigenvalue weighted by molar-refractivity contribution is -0.137. The van der Waals surface area contributed by atoms with Crippen molar-refractivity contribution in [3.8, 4) is 0 Å². The molecular weight excluding hydrogens is 266 g/mol. The molecule has 9 nitrogen and oxygen atoms in total. The first-order chi connectivity index (χ1) is 9.54. The number of rotatable bonds is 4. The molecule has 110 valence electrons. The van der Waals surface area contributed by atoms with Crippen LogP contribution in [0.1, 0.15) is 10.4 Å². The van der Waals surface area contributed by atoms with Crippen LogP contribution >= 0.6 is 0 Å². The summed E-state index contributed by atoms with van der Waals surface area (Å²) in [7, 11) is 1.25. The van der Waals surface area contributed by atoms with Crippen LogP contribution in [0, 0.1) is 0 Å². The van der Waals surface area contributed by atoms with Crippen LogP contribution in [0.25, 0.3) is 0 Å². The van der Waals surface area contributed by atoms with Crippen molar-refractivity contribution in [3.63, 3.8) is 0 Å². The Morgan fingerprint density at radius 1 is 1.45 bits per heavy atom. The second kappa shape index (κ2) is 5.78. The molecule has 0 atom stereocenters. The highest BCUT2D eigenvalue weighted by molar-refractivity contribution is 6.00. The first kappa shape index (κ1) is 14.1. The zero-order valence-corrected chi connectivity index (χ0v) is 11.1. The Balaban J connectivity index is 2.41. The van der Waals surface area contributed by atoms with Crippen molar-refractivity contribution in [2.75, 3.05) is 43.9 Å². The highest BCUT2D eigenvalue weighted by atomic mass is 16.5. The van der Waals surface area contributed by atoms with E-state index in [4.69, 9.17) is 15.6 Å². The van der Waals surface area contributed by atoms with Crippen LogP contribution in [-0.2, 0) is 16.1 Å². The van der Waals surface area contributed by atoms with Crippen LogP contribution in [0.15, 0.2) is 0 Å². The highest BCUT2D eigenvalue weighted by Gasteiger charge is 2.28. The Morgan fingerprint density at radius 3 is 2.65 bits per heavy atom. The van der Waals surface area contributed by atoms with Gasteiger partial charge >= 0.3 is 11.9 Å². The number of carboxylic acids is 1. The Kier molecular flexibility index (Phi) is 4.08. The fourth-order valence-electron chi connectivity index (χ4n) is 2.11. The zero-order chi connectivity index (χ0) is 14.7. The van der Waals surface area contributed by atoms with Crippen LogP contribution in [0.4, 0.5) is 11.6 Å². The fourth-order valence-corrected chi connectivity index (χ4v) is 2.11. The quantitative estimate of drug-likeness (QED) is 0.585. The molecule has 0 aliphatic carbocycles. The van der Waals surface area contributed by atoms with Gasteiger partial charge in [0.15, 0.2) is 5.82 Å². The summed E-state index contributed by atoms with van der Waals surface area (Å²) in [5.41, 5.74) is 5.95. The van der Waals surface area contributed by atoms with Gasteiger partial charge in [-0.2, -0.15) is 5.10 Å². The van der Waals surface area contributed by atoms with E-state index in [1.54, 1.807) is 0 Å². The molecule has 0 amide bonds. The Hall–Kier alpha value is -2.29. The van der Waals surface area contributed by atoms with Crippen LogP contribution in [0.5, 0.6) is 0 Å². The van der Waals surface area contributed by atoms with E-state index in [-0.39, 0.29) is 11.4 Å². The summed E-state index contributed by atoms with van der Waals surface area (Å²) in [6, 6.07) is 0. The monoisotopic (exact) mass is 283 g/mol. The summed E-state index contributed by atoms with van der Waals surface area (Å²) in [6.07, 6.45) is 0. The van der Waals surface area contributed by atoms with E-state index in [9.17, 15) is 9.59 Å². The molecule has 1 saturated heterocycles. The number of ether oxygens (including phenoxy) is 1. The number of nitrogens with zero attached hydrogens (tertiary/aromatic N) is 3. The first-order valence-electron chi connectivity index (χ1n) is 6.16. The Bertz CT molecular complexity index is 521. The van der Waals surface area contributed by atoms with Gasteiger partial charge in [0.05, 0.1) is 7.11 Å². The van der Waals surface area contributed by atoms with Crippen LogP contribution < -0.4 is 16.0 Å². The average molecular weight is 283 g/mol. The van der Waals surface area contributed by atoms with Crippen molar-refractivity contribution in [3.05, 3.63) is 5.56 Å². The van der Waals surface area contributed by atoms with Gasteiger partial charge in [0.25, 0.3) is 0 Å². The lowest BCUT2D eigenvalue weighted by Crippen LogP contribution is -2.44. The summed E-state index contributed by atoms with van der Waals surface area (Å²) < 4.78 is 5.81. The lowest BCUT2D eigenvalue weighted by atomic mass is 10.2. The number of carbonyl (C=O) groups excluding carboxylic acids is 1. The van der Waals surface area contributed by atoms with Gasteiger partial charge in [-0.05, 0) is 0 Å². The molecule has 0 unspecified atom stereocenters. The standard InChI is InChI=1S/C11H17N5O4/c1-20-11(19)8-9(12)16(6-7(17)18)14-10(8)15-4-2-13-3-5-15/h13H,2-6,12H2,1H3,(H,17,18). The van der Waals surface area contributed by atoms with Crippen molar-refractivity contribution in [2.45, 2.75) is 6.54 Å². The fraction of sp³-hybridized carbons (Fsp3) is 0.545. The zero-order valence-electron chi connectivity index (χ0n) is 11.1. The van der Waals surface area contributed by atoms with Gasteiger partial charge in [0, 0.05) is 26.2 Å². The molecule has 0 aromatic carbocycles. The Morgan fingerprint density at radius 2 is 2.10 bits per heavy atom. The van der Waals surface area contributed by atoms with Crippen molar-refractivity contribution in [1.29, 1.82) is 0 Å². The van der Waals surface area contributed by atoms with Gasteiger partial charge in [0.1, 0.15) is 17.9 Å². The molecule has 9 heteroatoms. The predicted molar refractivity (Wildman–Crippen MR) is 70.7 cm³/mol. The summed E-state index contributed by atoms with van der Waals surface area (Å²) >= 11 is 0. The average Bonchev–Trinajstić information content (AvgIpc) is 2.76. The van der Waals surface area contributed by atoms with Crippen molar-refractivity contribution in [2.24, 2.45) is 0 Å². The van der Waals surface area contributed by atoms with Gasteiger partial charge in [-0.3, -0.25) is 4.79 Å². The summed E-state index contributed by atoms with van der Waals surface area (Å²) in [4.78, 5) is 24.5. The van der Waals surface area contributed by atoms with E-state index >= 15 is 0 Å². The van der Waals surface area contributed by atoms with Gasteiger partial charge in [-0.1, -0.05) is 0 Å². The molecule has 1 aromatic rings. The third kappa shape index (κ3) is 2.67. The number of methoxy groups -OCH3 is 1.